The van der Waals surface area contributed by atoms with Gasteiger partial charge in [0.15, 0.2) is 6.54 Å². The second kappa shape index (κ2) is 9.55. The van der Waals surface area contributed by atoms with Gasteiger partial charge in [-0.1, -0.05) is 12.1 Å². The first-order valence-corrected chi connectivity index (χ1v) is 10.1. The van der Waals surface area contributed by atoms with Crippen LogP contribution in [0.1, 0.15) is 13.8 Å². The summed E-state index contributed by atoms with van der Waals surface area (Å²) in [5.74, 6) is -0.165. The van der Waals surface area contributed by atoms with Gasteiger partial charge in [-0.05, 0) is 50.2 Å². The van der Waals surface area contributed by atoms with Crippen LogP contribution in [0.15, 0.2) is 48.5 Å². The van der Waals surface area contributed by atoms with Crippen molar-refractivity contribution in [1.29, 1.82) is 0 Å². The van der Waals surface area contributed by atoms with Crippen LogP contribution >= 0.6 is 0 Å². The van der Waals surface area contributed by atoms with Crippen molar-refractivity contribution in [1.82, 2.24) is 0 Å². The number of anilines is 3. The zero-order valence-electron chi connectivity index (χ0n) is 16.7. The Morgan fingerprint density at radius 2 is 1.71 bits per heavy atom. The molecule has 3 rings (SSSR count). The van der Waals surface area contributed by atoms with Crippen molar-refractivity contribution >= 4 is 23.0 Å². The molecule has 1 saturated heterocycles. The van der Waals surface area contributed by atoms with Gasteiger partial charge in [0.1, 0.15) is 5.82 Å². The maximum atomic E-state index is 13.9. The Hall–Kier alpha value is -2.60. The van der Waals surface area contributed by atoms with Gasteiger partial charge < -0.3 is 20.0 Å². The van der Waals surface area contributed by atoms with E-state index in [1.54, 1.807) is 6.07 Å². The van der Waals surface area contributed by atoms with Crippen LogP contribution in [0.4, 0.5) is 21.5 Å². The maximum absolute atomic E-state index is 13.9. The molecule has 6 heteroatoms. The number of rotatable bonds is 7. The number of amides is 1. The lowest BCUT2D eigenvalue weighted by Crippen LogP contribution is -3.15. The summed E-state index contributed by atoms with van der Waals surface area (Å²) in [6.45, 7) is 9.77. The van der Waals surface area contributed by atoms with Crippen LogP contribution in [0.3, 0.4) is 0 Å². The van der Waals surface area contributed by atoms with E-state index >= 15 is 0 Å². The van der Waals surface area contributed by atoms with Crippen LogP contribution in [0, 0.1) is 5.82 Å². The molecule has 2 aromatic carbocycles. The van der Waals surface area contributed by atoms with Gasteiger partial charge >= 0.3 is 0 Å². The Labute approximate surface area is 166 Å². The lowest BCUT2D eigenvalue weighted by Gasteiger charge is -2.33. The predicted molar refractivity (Wildman–Crippen MR) is 113 cm³/mol. The van der Waals surface area contributed by atoms with E-state index in [2.05, 4.69) is 29.0 Å². The highest BCUT2D eigenvalue weighted by molar-refractivity contribution is 5.91. The Morgan fingerprint density at radius 3 is 2.32 bits per heavy atom. The smallest absolute Gasteiger partial charge is 0.279 e. The highest BCUT2D eigenvalue weighted by Gasteiger charge is 2.23. The molecule has 0 spiro atoms. The molecule has 0 radical (unpaired) electrons. The fourth-order valence-electron chi connectivity index (χ4n) is 3.73. The van der Waals surface area contributed by atoms with E-state index in [1.807, 2.05) is 36.4 Å². The maximum Gasteiger partial charge on any atom is 0.279 e. The lowest BCUT2D eigenvalue weighted by atomic mass is 10.2. The zero-order chi connectivity index (χ0) is 19.9. The van der Waals surface area contributed by atoms with Crippen molar-refractivity contribution in [3.63, 3.8) is 0 Å². The second-order valence-corrected chi connectivity index (χ2v) is 7.13. The number of carbonyl (C=O) groups is 1. The molecule has 0 saturated carbocycles. The van der Waals surface area contributed by atoms with Gasteiger partial charge in [-0.25, -0.2) is 4.39 Å². The standard InChI is InChI=1S/C22H29FN4O/c1-3-26(4-2)19-11-9-18(10-12-19)24-22(28)17-25-13-15-27(16-14-25)21-8-6-5-7-20(21)23/h5-12H,3-4,13-17H2,1-2H3,(H,24,28)/p+1. The van der Waals surface area contributed by atoms with E-state index in [9.17, 15) is 9.18 Å². The number of nitrogens with zero attached hydrogens (tertiary/aromatic N) is 2. The normalized spacial score (nSPS) is 14.8. The predicted octanol–water partition coefficient (Wildman–Crippen LogP) is 2.02. The summed E-state index contributed by atoms with van der Waals surface area (Å²) >= 11 is 0. The van der Waals surface area contributed by atoms with Crippen LogP contribution < -0.4 is 20.0 Å². The number of carbonyl (C=O) groups excluding carboxylic acids is 1. The molecule has 1 amide bonds. The first kappa shape index (κ1) is 20.1. The average Bonchev–Trinajstić information content (AvgIpc) is 2.71. The SMILES string of the molecule is CCN(CC)c1ccc(NC(=O)C[NH+]2CCN(c3ccccc3F)CC2)cc1. The monoisotopic (exact) mass is 385 g/mol. The molecule has 0 aromatic heterocycles. The van der Waals surface area contributed by atoms with Crippen molar-refractivity contribution in [3.05, 3.63) is 54.3 Å². The van der Waals surface area contributed by atoms with Crippen molar-refractivity contribution in [2.45, 2.75) is 13.8 Å². The zero-order valence-corrected chi connectivity index (χ0v) is 16.7. The highest BCUT2D eigenvalue weighted by Crippen LogP contribution is 2.19. The molecule has 0 bridgehead atoms. The van der Waals surface area contributed by atoms with Gasteiger partial charge in [0.2, 0.25) is 0 Å². The number of nitrogens with one attached hydrogen (secondary N) is 2. The summed E-state index contributed by atoms with van der Waals surface area (Å²) in [6.07, 6.45) is 0. The van der Waals surface area contributed by atoms with Crippen molar-refractivity contribution < 1.29 is 14.1 Å². The Morgan fingerprint density at radius 1 is 1.07 bits per heavy atom. The minimum Gasteiger partial charge on any atom is -0.372 e. The van der Waals surface area contributed by atoms with Crippen LogP contribution in [0.2, 0.25) is 0 Å². The molecular formula is C22H30FN4O+. The van der Waals surface area contributed by atoms with Crippen LogP contribution in [0.25, 0.3) is 0 Å². The van der Waals surface area contributed by atoms with Crippen LogP contribution in [-0.2, 0) is 4.79 Å². The van der Waals surface area contributed by atoms with E-state index in [1.165, 1.54) is 11.0 Å². The summed E-state index contributed by atoms with van der Waals surface area (Å²) in [6, 6.07) is 14.9. The van der Waals surface area contributed by atoms with Crippen molar-refractivity contribution in [2.75, 3.05) is 60.9 Å². The molecule has 1 aliphatic heterocycles. The van der Waals surface area contributed by atoms with E-state index in [-0.39, 0.29) is 11.7 Å². The van der Waals surface area contributed by atoms with Gasteiger partial charge in [0.05, 0.1) is 31.9 Å². The highest BCUT2D eigenvalue weighted by atomic mass is 19.1. The molecular weight excluding hydrogens is 355 g/mol. The molecule has 150 valence electrons. The van der Waals surface area contributed by atoms with Crippen LogP contribution in [0.5, 0.6) is 0 Å². The van der Waals surface area contributed by atoms with Crippen molar-refractivity contribution in [2.24, 2.45) is 0 Å². The topological polar surface area (TPSA) is 40.0 Å². The van der Waals surface area contributed by atoms with Gasteiger partial charge in [-0.2, -0.15) is 0 Å². The summed E-state index contributed by atoms with van der Waals surface area (Å²) in [4.78, 5) is 18.0. The Kier molecular flexibility index (Phi) is 6.87. The quantitative estimate of drug-likeness (QED) is 0.766. The summed E-state index contributed by atoms with van der Waals surface area (Å²) in [5.41, 5.74) is 2.64. The minimum absolute atomic E-state index is 0.0185. The Bertz CT molecular complexity index is 768. The lowest BCUT2D eigenvalue weighted by molar-refractivity contribution is -0.892. The van der Waals surface area contributed by atoms with Gasteiger partial charge in [0, 0.05) is 24.5 Å². The van der Waals surface area contributed by atoms with Gasteiger partial charge in [-0.3, -0.25) is 4.79 Å². The minimum atomic E-state index is -0.183. The Balaban J connectivity index is 1.48. The molecule has 2 N–H and O–H groups in total. The molecule has 1 fully saturated rings. The first-order valence-electron chi connectivity index (χ1n) is 10.1. The summed E-state index contributed by atoms with van der Waals surface area (Å²) < 4.78 is 13.9. The van der Waals surface area contributed by atoms with Crippen molar-refractivity contribution in [3.8, 4) is 0 Å². The molecule has 1 heterocycles. The first-order chi connectivity index (χ1) is 13.6. The second-order valence-electron chi connectivity index (χ2n) is 7.13. The number of hydrogen-bond donors (Lipinski definition) is 2. The molecule has 5 nitrogen and oxygen atoms in total. The van der Waals surface area contributed by atoms with E-state index in [0.29, 0.717) is 12.2 Å². The number of para-hydroxylation sites is 1. The molecule has 0 atom stereocenters. The summed E-state index contributed by atoms with van der Waals surface area (Å²) in [5, 5.41) is 2.99. The number of benzene rings is 2. The van der Waals surface area contributed by atoms with Crippen LogP contribution in [-0.4, -0.2) is 51.7 Å². The third-order valence-electron chi connectivity index (χ3n) is 5.35. The fraction of sp³-hybridized carbons (Fsp3) is 0.409. The third-order valence-corrected chi connectivity index (χ3v) is 5.35. The summed E-state index contributed by atoms with van der Waals surface area (Å²) in [7, 11) is 0. The van der Waals surface area contributed by atoms with Gasteiger partial charge in [-0.15, -0.1) is 0 Å². The average molecular weight is 386 g/mol. The van der Waals surface area contributed by atoms with Gasteiger partial charge in [0.25, 0.3) is 5.91 Å². The number of halogens is 1. The largest absolute Gasteiger partial charge is 0.372 e. The number of piperazine rings is 1. The third kappa shape index (κ3) is 5.01. The molecule has 2 aromatic rings. The van der Waals surface area contributed by atoms with E-state index in [4.69, 9.17) is 0 Å². The molecule has 0 unspecified atom stereocenters. The van der Waals surface area contributed by atoms with E-state index < -0.39 is 0 Å². The molecule has 1 aliphatic rings. The number of quaternary nitrogens is 1. The molecule has 0 aliphatic carbocycles. The van der Waals surface area contributed by atoms with E-state index in [0.717, 1.165) is 50.6 Å². The molecule has 28 heavy (non-hydrogen) atoms. The number of hydrogen-bond acceptors (Lipinski definition) is 3. The fourth-order valence-corrected chi connectivity index (χ4v) is 3.73.